The van der Waals surface area contributed by atoms with Gasteiger partial charge in [-0.2, -0.15) is 82.4 Å². The maximum atomic E-state index is 9.40. The van der Waals surface area contributed by atoms with Gasteiger partial charge in [0.2, 0.25) is 17.8 Å². The number of nitrogens with two attached hydrogens (primary N) is 3. The minimum absolute atomic E-state index is 0. The summed E-state index contributed by atoms with van der Waals surface area (Å²) in [7, 11) is 3.27. The third kappa shape index (κ3) is 46.3. The highest BCUT2D eigenvalue weighted by atomic mass is 32.1. The molecular formula is C77H131N21O12S5. The van der Waals surface area contributed by atoms with Crippen molar-refractivity contribution in [1.29, 1.82) is 0 Å². The molecule has 646 valence electrons. The molecule has 8 aromatic heterocycles. The molecule has 8 rings (SSSR count). The van der Waals surface area contributed by atoms with Gasteiger partial charge in [-0.15, -0.1) is 0 Å². The monoisotopic (exact) mass is 1700 g/mol. The Morgan fingerprint density at radius 1 is 0.339 bits per heavy atom. The molecule has 33 nitrogen and oxygen atoms in total. The van der Waals surface area contributed by atoms with Crippen molar-refractivity contribution in [2.75, 3.05) is 117 Å². The molecule has 8 heterocycles. The van der Waals surface area contributed by atoms with E-state index in [1.165, 1.54) is 6.20 Å². The Morgan fingerprint density at radius 3 is 0.887 bits per heavy atom. The lowest BCUT2D eigenvalue weighted by Crippen LogP contribution is -2.24. The van der Waals surface area contributed by atoms with Gasteiger partial charge in [-0.1, -0.05) is 97.8 Å². The number of aromatic nitrogens is 13. The van der Waals surface area contributed by atoms with Gasteiger partial charge in [0.05, 0.1) is 56.8 Å². The lowest BCUT2D eigenvalue weighted by atomic mass is 10.1. The van der Waals surface area contributed by atoms with Crippen LogP contribution in [0.4, 0.5) is 46.9 Å². The summed E-state index contributed by atoms with van der Waals surface area (Å²) in [6.07, 6.45) is 33.1. The second-order valence-corrected chi connectivity index (χ2v) is 25.3. The van der Waals surface area contributed by atoms with Crippen molar-refractivity contribution < 1.29 is 58.7 Å². The van der Waals surface area contributed by atoms with E-state index >= 15 is 0 Å². The Bertz CT molecular complexity index is 3670. The number of nitrogens with one attached hydrogen (secondary N) is 5. The molecule has 0 amide bonds. The number of hydrogen-bond donors (Lipinski definition) is 13. The summed E-state index contributed by atoms with van der Waals surface area (Å²) in [4.78, 5) is 53.9. The van der Waals surface area contributed by atoms with E-state index in [1.807, 2.05) is 50.2 Å². The molecule has 0 unspecified atom stereocenters. The molecule has 0 aliphatic rings. The quantitative estimate of drug-likeness (QED) is 0.0158. The van der Waals surface area contributed by atoms with Crippen LogP contribution in [0.1, 0.15) is 166 Å². The lowest BCUT2D eigenvalue weighted by molar-refractivity contribution is 0.146. The van der Waals surface area contributed by atoms with Crippen LogP contribution in [0, 0.1) is 13.8 Å². The van der Waals surface area contributed by atoms with Crippen LogP contribution in [0.15, 0.2) is 105 Å². The zero-order valence-corrected chi connectivity index (χ0v) is 73.1. The number of aliphatic hydroxyl groups excluding tert-OH is 5. The summed E-state index contributed by atoms with van der Waals surface area (Å²) in [5, 5.41) is 62.6. The van der Waals surface area contributed by atoms with Crippen molar-refractivity contribution in [1.82, 2.24) is 64.8 Å². The minimum Gasteiger partial charge on any atom is -0.486 e. The van der Waals surface area contributed by atoms with Crippen molar-refractivity contribution in [3.8, 4) is 28.7 Å². The average molecular weight is 1700 g/mol. The number of rotatable bonds is 48. The van der Waals surface area contributed by atoms with Gasteiger partial charge in [0.1, 0.15) is 44.7 Å². The van der Waals surface area contributed by atoms with Crippen LogP contribution in [0.25, 0.3) is 0 Å². The van der Waals surface area contributed by atoms with Crippen LogP contribution in [0.3, 0.4) is 0 Å². The number of aliphatic hydroxyl groups is 5. The van der Waals surface area contributed by atoms with Gasteiger partial charge in [-0.3, -0.25) is 15.0 Å². The number of pyridine rings is 3. The summed E-state index contributed by atoms with van der Waals surface area (Å²) in [5.74, 6) is 7.66. The first-order valence-electron chi connectivity index (χ1n) is 37.8. The fourth-order valence-electron chi connectivity index (χ4n) is 10.4. The van der Waals surface area contributed by atoms with E-state index in [4.69, 9.17) is 55.5 Å². The molecule has 8 aromatic rings. The predicted octanol–water partition coefficient (Wildman–Crippen LogP) is 10.5. The molecule has 0 spiro atoms. The molecule has 5 atom stereocenters. The van der Waals surface area contributed by atoms with Crippen LogP contribution >= 0.6 is 67.5 Å². The highest BCUT2D eigenvalue weighted by molar-refractivity contribution is 7.60. The molecule has 16 N–H and O–H groups in total. The van der Waals surface area contributed by atoms with E-state index in [-0.39, 0.29) is 149 Å². The number of nitrogen functional groups attached to an aromatic ring is 3. The van der Waals surface area contributed by atoms with E-state index in [1.54, 1.807) is 76.2 Å². The van der Waals surface area contributed by atoms with Crippen molar-refractivity contribution in [2.24, 2.45) is 0 Å². The Morgan fingerprint density at radius 2 is 0.617 bits per heavy atom. The number of aryl methyl sites for hydroxylation is 2. The largest absolute Gasteiger partial charge is 0.486 e. The first-order valence-corrected chi connectivity index (χ1v) is 37.8. The van der Waals surface area contributed by atoms with Crippen LogP contribution in [0.2, 0.25) is 0 Å². The van der Waals surface area contributed by atoms with E-state index in [0.717, 1.165) is 93.7 Å². The van der Waals surface area contributed by atoms with Crippen LogP contribution < -0.4 is 67.5 Å². The lowest BCUT2D eigenvalue weighted by Gasteiger charge is -2.20. The first-order chi connectivity index (χ1) is 53.6. The summed E-state index contributed by atoms with van der Waals surface area (Å²) >= 11 is 0. The zero-order valence-electron chi connectivity index (χ0n) is 68.1. The van der Waals surface area contributed by atoms with Gasteiger partial charge in [0.15, 0.2) is 57.8 Å². The van der Waals surface area contributed by atoms with Crippen LogP contribution in [-0.2, 0) is 29.3 Å². The number of methoxy groups -OCH3 is 2. The number of unbranched alkanes of at least 4 members (excludes halogenated alkanes) is 2. The zero-order chi connectivity index (χ0) is 79.8. The maximum absolute atomic E-state index is 9.40. The summed E-state index contributed by atoms with van der Waals surface area (Å²) in [6.45, 7) is 17.8. The van der Waals surface area contributed by atoms with Crippen molar-refractivity contribution in [3.05, 3.63) is 133 Å². The minimum atomic E-state index is -0.0972. The average Bonchev–Trinajstić information content (AvgIpc) is 0.877. The molecule has 0 saturated heterocycles. The van der Waals surface area contributed by atoms with Crippen molar-refractivity contribution >= 4 is 114 Å². The third-order valence-electron chi connectivity index (χ3n) is 16.1. The molecule has 115 heavy (non-hydrogen) atoms. The molecule has 0 aromatic carbocycles. The van der Waals surface area contributed by atoms with Gasteiger partial charge < -0.3 is 102 Å². The van der Waals surface area contributed by atoms with Crippen molar-refractivity contribution in [3.63, 3.8) is 0 Å². The highest BCUT2D eigenvalue weighted by Gasteiger charge is 2.20. The maximum Gasteiger partial charge on any atom is 0.222 e. The Hall–Kier alpha value is -8.28. The van der Waals surface area contributed by atoms with Gasteiger partial charge in [0, 0.05) is 119 Å². The van der Waals surface area contributed by atoms with Crippen LogP contribution in [-0.4, -0.2) is 194 Å². The molecule has 0 aliphatic heterocycles. The van der Waals surface area contributed by atoms with E-state index in [9.17, 15) is 20.4 Å². The SMILES string of the molecule is CCCC[C@@H](CCO)Nc1nc(C)ncc1OCCOC.CCCC[C@@H](CCO)Nc1nc(N)ncc1OCc1cccnc1.CCC[C@@H](CCO)Nc1nc(N)ncc1OCc1cccnc1.CCC[C@@H](CO)Nc1nc(N)ncc1OCc1cccnc1.CCC[C@H](CCO)Nc1nc(C)ncc1OCCOC.S.S.S.S.S. The number of anilines is 8. The number of nitrogens with zero attached hydrogens (tertiary/aromatic N) is 13. The predicted molar refractivity (Wildman–Crippen MR) is 480 cm³/mol. The Kier molecular flexibility index (Phi) is 64.2. The molecule has 0 bridgehead atoms. The molecule has 38 heteroatoms. The summed E-state index contributed by atoms with van der Waals surface area (Å²) in [5.41, 5.74) is 19.9. The van der Waals surface area contributed by atoms with Gasteiger partial charge in [0.25, 0.3) is 0 Å². The molecule has 0 radical (unpaired) electrons. The van der Waals surface area contributed by atoms with E-state index in [0.29, 0.717) is 141 Å². The summed E-state index contributed by atoms with van der Waals surface area (Å²) < 4.78 is 38.5. The van der Waals surface area contributed by atoms with E-state index in [2.05, 4.69) is 126 Å². The van der Waals surface area contributed by atoms with Crippen molar-refractivity contribution in [2.45, 2.75) is 201 Å². The van der Waals surface area contributed by atoms with E-state index < -0.39 is 0 Å². The van der Waals surface area contributed by atoms with Crippen LogP contribution in [0.5, 0.6) is 28.7 Å². The number of hydrogen-bond acceptors (Lipinski definition) is 33. The summed E-state index contributed by atoms with van der Waals surface area (Å²) in [6, 6.07) is 11.9. The molecular weight excluding hydrogens is 1570 g/mol. The normalized spacial score (nSPS) is 11.5. The Labute approximate surface area is 714 Å². The van der Waals surface area contributed by atoms with Gasteiger partial charge >= 0.3 is 0 Å². The smallest absolute Gasteiger partial charge is 0.222 e. The second-order valence-electron chi connectivity index (χ2n) is 25.3. The molecule has 0 fully saturated rings. The fourth-order valence-corrected chi connectivity index (χ4v) is 10.4. The van der Waals surface area contributed by atoms with Gasteiger partial charge in [-0.05, 0) is 89.8 Å². The molecule has 0 aliphatic carbocycles. The number of ether oxygens (including phenoxy) is 7. The van der Waals surface area contributed by atoms with Gasteiger partial charge in [-0.25, -0.2) is 34.9 Å². The molecule has 0 saturated carbocycles. The standard InChI is InChI=1S/C17H25N5O2.C16H23N5O2.C15H21N5O2.C15H27N3O3.C14H25N3O3.5H2S/c1-2-3-6-14(7-9-23)21-16-15(11-20-17(18)22-16)24-12-13-5-4-8-19-10-13;1-2-4-13(6-8-22)20-15-14(10-19-16(17)21-15)23-11-12-5-3-7-18-9-12;1-2-4-12(9-21)19-14-13(8-18-15(16)20-14)22-10-11-5-3-6-17-7-11;1-4-5-6-13(7-8-19)18-15-14(21-10-9-20-3)11-16-12(2)17-15;1-4-5-12(6-7-18)17-14-13(20-9-8-19-3)10-15-11(2)16-14;;;;;/h4-5,8,10-11,14,23H,2-3,6-7,9,12H2,1H3,(H3,18,20,21,22);3,5,7,9-10,13,22H,2,4,6,8,11H2,1H3,(H3,17,19,20,21);3,5-8,12,21H,2,4,9-10H2,1H3,(H3,16,18,19,20);11,13,19H,4-10H2,1-3H3,(H,16,17,18);10,12,18H,4-9H2,1-3H3,(H,15,16,17);5*1H2/t14-;13-;12-;13-;12-;;;;;/m00001...../s1. The highest BCUT2D eigenvalue weighted by Crippen LogP contribution is 2.30. The Balaban J connectivity index is 0. The second kappa shape index (κ2) is 67.8. The fraction of sp³-hybridized carbons (Fsp3) is 0.545. The third-order valence-corrected chi connectivity index (χ3v) is 16.1. The first kappa shape index (κ1) is 109. The topological polar surface area (TPSA) is 472 Å².